The van der Waals surface area contributed by atoms with Crippen molar-refractivity contribution in [3.63, 3.8) is 0 Å². The molecule has 1 atom stereocenters. The van der Waals surface area contributed by atoms with Crippen LogP contribution in [0, 0.1) is 12.8 Å². The number of esters is 1. The minimum absolute atomic E-state index is 0.254. The Morgan fingerprint density at radius 2 is 1.81 bits per heavy atom. The van der Waals surface area contributed by atoms with Gasteiger partial charge in [0.1, 0.15) is 5.00 Å². The van der Waals surface area contributed by atoms with E-state index in [1.807, 2.05) is 60.7 Å². The van der Waals surface area contributed by atoms with Gasteiger partial charge in [-0.05, 0) is 55.9 Å². The number of benzene rings is 2. The molecule has 3 heterocycles. The number of pyridine rings is 1. The summed E-state index contributed by atoms with van der Waals surface area (Å²) < 4.78 is 7.22. The fourth-order valence-electron chi connectivity index (χ4n) is 5.43. The highest BCUT2D eigenvalue weighted by atomic mass is 32.1. The average molecular weight is 580 g/mol. The van der Waals surface area contributed by atoms with Gasteiger partial charge >= 0.3 is 5.97 Å². The first-order valence-electron chi connectivity index (χ1n) is 13.7. The molecule has 0 saturated carbocycles. The van der Waals surface area contributed by atoms with Crippen LogP contribution < -0.4 is 11.1 Å². The van der Waals surface area contributed by atoms with Crippen LogP contribution in [-0.2, 0) is 22.4 Å². The number of nitrogens with two attached hydrogens (primary N) is 1. The van der Waals surface area contributed by atoms with Gasteiger partial charge in [-0.15, -0.1) is 11.3 Å². The number of hydrogen-bond donors (Lipinski definition) is 2. The number of carbonyl (C=O) groups excluding carboxylic acids is 3. The molecule has 0 spiro atoms. The second-order valence-electron chi connectivity index (χ2n) is 10.5. The number of aryl methyl sites for hydroxylation is 1. The average Bonchev–Trinajstić information content (AvgIpc) is 3.52. The maximum Gasteiger partial charge on any atom is 0.339 e. The van der Waals surface area contributed by atoms with E-state index in [1.54, 1.807) is 17.7 Å². The van der Waals surface area contributed by atoms with Crippen molar-refractivity contribution in [2.75, 3.05) is 11.9 Å². The van der Waals surface area contributed by atoms with Crippen LogP contribution in [0.4, 0.5) is 5.00 Å². The smallest absolute Gasteiger partial charge is 0.339 e. The minimum atomic E-state index is -0.681. The van der Waals surface area contributed by atoms with Crippen LogP contribution in [0.1, 0.15) is 50.2 Å². The number of carbonyl (C=O) groups is 3. The second-order valence-corrected chi connectivity index (χ2v) is 11.6. The van der Waals surface area contributed by atoms with Crippen LogP contribution in [0.2, 0.25) is 0 Å². The van der Waals surface area contributed by atoms with Crippen molar-refractivity contribution < 1.29 is 19.1 Å². The Hall–Kier alpha value is -4.83. The molecule has 6 rings (SSSR count). The molecular formula is C32H29N5O4S. The van der Waals surface area contributed by atoms with Crippen molar-refractivity contribution in [3.8, 4) is 16.9 Å². The summed E-state index contributed by atoms with van der Waals surface area (Å²) in [6.07, 6.45) is 2.54. The molecule has 212 valence electrons. The molecule has 0 saturated heterocycles. The molecule has 2 amide bonds. The fraction of sp³-hybridized carbons (Fsp3) is 0.219. The molecule has 9 nitrogen and oxygen atoms in total. The number of nitrogens with zero attached hydrogens (tertiary/aromatic N) is 3. The summed E-state index contributed by atoms with van der Waals surface area (Å²) in [4.78, 5) is 44.7. The van der Waals surface area contributed by atoms with E-state index >= 15 is 0 Å². The summed E-state index contributed by atoms with van der Waals surface area (Å²) in [7, 11) is 0. The molecule has 10 heteroatoms. The number of thiophene rings is 1. The monoisotopic (exact) mass is 579 g/mol. The second kappa shape index (κ2) is 11.2. The Morgan fingerprint density at radius 1 is 1.10 bits per heavy atom. The topological polar surface area (TPSA) is 129 Å². The van der Waals surface area contributed by atoms with Gasteiger partial charge in [-0.2, -0.15) is 5.10 Å². The zero-order valence-electron chi connectivity index (χ0n) is 23.2. The summed E-state index contributed by atoms with van der Waals surface area (Å²) in [6, 6.07) is 20.7. The molecule has 3 N–H and O–H groups in total. The number of anilines is 1. The molecule has 0 fully saturated rings. The lowest BCUT2D eigenvalue weighted by Crippen LogP contribution is -2.23. The highest BCUT2D eigenvalue weighted by Crippen LogP contribution is 2.39. The van der Waals surface area contributed by atoms with E-state index in [1.165, 1.54) is 11.3 Å². The normalized spacial score (nSPS) is 14.4. The molecule has 42 heavy (non-hydrogen) atoms. The third-order valence-electron chi connectivity index (χ3n) is 7.45. The van der Waals surface area contributed by atoms with Gasteiger partial charge in [-0.1, -0.05) is 55.5 Å². The molecule has 5 aromatic rings. The van der Waals surface area contributed by atoms with Crippen molar-refractivity contribution in [1.29, 1.82) is 0 Å². The minimum Gasteiger partial charge on any atom is -0.452 e. The summed E-state index contributed by atoms with van der Waals surface area (Å²) >= 11 is 1.36. The lowest BCUT2D eigenvalue weighted by atomic mass is 9.88. The summed E-state index contributed by atoms with van der Waals surface area (Å²) in [5.74, 6) is -1.32. The third-order valence-corrected chi connectivity index (χ3v) is 8.62. The zero-order valence-corrected chi connectivity index (χ0v) is 24.0. The number of rotatable bonds is 7. The predicted octanol–water partition coefficient (Wildman–Crippen LogP) is 5.48. The van der Waals surface area contributed by atoms with Gasteiger partial charge in [0.15, 0.2) is 12.3 Å². The van der Waals surface area contributed by atoms with E-state index in [-0.39, 0.29) is 5.56 Å². The summed E-state index contributed by atoms with van der Waals surface area (Å²) in [5.41, 5.74) is 10.5. The molecule has 0 unspecified atom stereocenters. The summed E-state index contributed by atoms with van der Waals surface area (Å²) in [5, 5.41) is 8.38. The highest BCUT2D eigenvalue weighted by molar-refractivity contribution is 7.17. The first kappa shape index (κ1) is 27.3. The highest BCUT2D eigenvalue weighted by Gasteiger charge is 2.28. The fourth-order valence-corrected chi connectivity index (χ4v) is 6.86. The molecule has 1 aliphatic rings. The van der Waals surface area contributed by atoms with Crippen LogP contribution in [0.15, 0.2) is 66.7 Å². The van der Waals surface area contributed by atoms with Gasteiger partial charge in [-0.25, -0.2) is 14.5 Å². The maximum atomic E-state index is 13.5. The van der Waals surface area contributed by atoms with Crippen LogP contribution in [-0.4, -0.2) is 39.2 Å². The standard InChI is InChI=1S/C32H29N5O4S/c1-18-13-14-22-25(15-18)42-31(28(22)29(33)39)35-26(38)17-41-32(40)23-16-24(20-9-5-3-6-10-20)34-30-27(23)19(2)36-37(30)21-11-7-4-8-12-21/h3-12,16,18H,13-15,17H2,1-2H3,(H2,33,39)(H,35,38)/t18-/m0/s1. The van der Waals surface area contributed by atoms with Crippen molar-refractivity contribution >= 4 is 45.2 Å². The van der Waals surface area contributed by atoms with Crippen molar-refractivity contribution in [1.82, 2.24) is 14.8 Å². The van der Waals surface area contributed by atoms with Gasteiger partial charge in [-0.3, -0.25) is 9.59 Å². The number of hydrogen-bond acceptors (Lipinski definition) is 7. The lowest BCUT2D eigenvalue weighted by Gasteiger charge is -2.18. The number of para-hydroxylation sites is 1. The van der Waals surface area contributed by atoms with Crippen LogP contribution in [0.5, 0.6) is 0 Å². The molecule has 3 aromatic heterocycles. The number of nitrogens with one attached hydrogen (secondary N) is 1. The zero-order chi connectivity index (χ0) is 29.4. The summed E-state index contributed by atoms with van der Waals surface area (Å²) in [6.45, 7) is 3.43. The van der Waals surface area contributed by atoms with Gasteiger partial charge in [0.25, 0.3) is 11.8 Å². The number of primary amides is 1. The van der Waals surface area contributed by atoms with Crippen LogP contribution >= 0.6 is 11.3 Å². The molecule has 0 aliphatic heterocycles. The Labute approximate surface area is 246 Å². The number of fused-ring (bicyclic) bond motifs is 2. The van der Waals surface area contributed by atoms with Gasteiger partial charge < -0.3 is 15.8 Å². The first-order valence-corrected chi connectivity index (χ1v) is 14.5. The first-order chi connectivity index (χ1) is 20.3. The molecule has 0 radical (unpaired) electrons. The Balaban J connectivity index is 1.30. The van der Waals surface area contributed by atoms with E-state index in [4.69, 9.17) is 15.5 Å². The van der Waals surface area contributed by atoms with Crippen molar-refractivity contribution in [3.05, 3.63) is 94.0 Å². The Bertz CT molecular complexity index is 1830. The van der Waals surface area contributed by atoms with Crippen molar-refractivity contribution in [2.45, 2.75) is 33.1 Å². The predicted molar refractivity (Wildman–Crippen MR) is 162 cm³/mol. The molecular weight excluding hydrogens is 550 g/mol. The third kappa shape index (κ3) is 5.16. The molecule has 0 bridgehead atoms. The van der Waals surface area contributed by atoms with E-state index < -0.39 is 24.4 Å². The Morgan fingerprint density at radius 3 is 2.52 bits per heavy atom. The maximum absolute atomic E-state index is 13.5. The number of aromatic nitrogens is 3. The van der Waals surface area contributed by atoms with E-state index in [0.29, 0.717) is 38.9 Å². The number of amides is 2. The van der Waals surface area contributed by atoms with Gasteiger partial charge in [0, 0.05) is 10.4 Å². The quantitative estimate of drug-likeness (QED) is 0.246. The van der Waals surface area contributed by atoms with Crippen LogP contribution in [0.25, 0.3) is 28.0 Å². The largest absolute Gasteiger partial charge is 0.452 e. The Kier molecular flexibility index (Phi) is 7.30. The van der Waals surface area contributed by atoms with Crippen LogP contribution in [0.3, 0.4) is 0 Å². The number of ether oxygens (including phenoxy) is 1. The SMILES string of the molecule is Cc1nn(-c2ccccc2)c2nc(-c3ccccc3)cc(C(=O)OCC(=O)Nc3sc4c(c3C(N)=O)CC[C@H](C)C4)c12. The van der Waals surface area contributed by atoms with Crippen molar-refractivity contribution in [2.24, 2.45) is 11.7 Å². The van der Waals surface area contributed by atoms with Gasteiger partial charge in [0.2, 0.25) is 0 Å². The van der Waals surface area contributed by atoms with E-state index in [0.717, 1.165) is 41.0 Å². The van der Waals surface area contributed by atoms with Gasteiger partial charge in [0.05, 0.1) is 33.6 Å². The molecule has 2 aromatic carbocycles. The van der Waals surface area contributed by atoms with E-state index in [2.05, 4.69) is 17.3 Å². The van der Waals surface area contributed by atoms with E-state index in [9.17, 15) is 14.4 Å². The lowest BCUT2D eigenvalue weighted by molar-refractivity contribution is -0.119. The molecule has 1 aliphatic carbocycles.